The number of carbonyl (C=O) groups is 5. The van der Waals surface area contributed by atoms with Crippen LogP contribution in [0, 0.1) is 181 Å². The summed E-state index contributed by atoms with van der Waals surface area (Å²) in [6.07, 6.45) is 36.0. The van der Waals surface area contributed by atoms with Gasteiger partial charge in [0.05, 0.1) is 55.6 Å². The van der Waals surface area contributed by atoms with Crippen LogP contribution >= 0.6 is 0 Å². The van der Waals surface area contributed by atoms with E-state index < -0.39 is 27.6 Å². The van der Waals surface area contributed by atoms with Gasteiger partial charge in [0.2, 0.25) is 0 Å². The second kappa shape index (κ2) is 24.9. The quantitative estimate of drug-likeness (QED) is 0.0758. The van der Waals surface area contributed by atoms with Crippen molar-refractivity contribution in [1.82, 2.24) is 0 Å². The van der Waals surface area contributed by atoms with Crippen molar-refractivity contribution < 1.29 is 73.2 Å². The highest BCUT2D eigenvalue weighted by Gasteiger charge is 2.80. The van der Waals surface area contributed by atoms with E-state index >= 15 is 0 Å². The van der Waals surface area contributed by atoms with Crippen LogP contribution in [0.1, 0.15) is 322 Å². The Morgan fingerprint density at radius 3 is 0.855 bits per heavy atom. The van der Waals surface area contributed by atoms with E-state index in [1.807, 2.05) is 69.2 Å². The Balaban J connectivity index is 0.0000000933. The van der Waals surface area contributed by atoms with E-state index in [-0.39, 0.29) is 85.8 Å². The maximum atomic E-state index is 12.9. The second-order valence-corrected chi connectivity index (χ2v) is 47.7. The van der Waals surface area contributed by atoms with Crippen molar-refractivity contribution >= 4 is 29.8 Å². The average molecular weight is 1530 g/mol. The number of esters is 5. The third kappa shape index (κ3) is 11.3. The lowest BCUT2D eigenvalue weighted by Gasteiger charge is -2.75. The first-order valence-corrected chi connectivity index (χ1v) is 46.3. The van der Waals surface area contributed by atoms with Crippen LogP contribution in [0.4, 0.5) is 0 Å². The molecule has 32 aliphatic carbocycles. The fraction of sp³-hybridized carbons (Fsp3) is 0.947. The summed E-state index contributed by atoms with van der Waals surface area (Å²) >= 11 is 0. The average Bonchev–Trinajstić information content (AvgIpc) is 0.672. The number of rotatable bonds is 15. The summed E-state index contributed by atoms with van der Waals surface area (Å²) in [5.74, 6) is 15.6. The Labute approximate surface area is 658 Å². The smallest absolute Gasteiger partial charge is 0.312 e. The molecule has 15 nitrogen and oxygen atoms in total. The van der Waals surface area contributed by atoms with Crippen LogP contribution in [0.25, 0.3) is 0 Å². The normalized spacial score (nSPS) is 54.1. The minimum atomic E-state index is -0.555. The number of aliphatic hydroxyl groups is 5. The molecule has 0 spiro atoms. The van der Waals surface area contributed by atoms with Crippen molar-refractivity contribution in [2.75, 3.05) is 0 Å². The molecule has 32 rings (SSSR count). The maximum absolute atomic E-state index is 12.9. The van der Waals surface area contributed by atoms with Gasteiger partial charge in [-0.3, -0.25) is 24.0 Å². The number of hydrogen-bond donors (Lipinski definition) is 5. The lowest BCUT2D eigenvalue weighted by atomic mass is 9.32. The standard InChI is InChI=1S/3C20H30O3.C19H28O3.C16H26O3/c1-4-18(2,3)17(21)23-20-10-12-5-13-15(20)7-11-8-16(20)14(6-12)19(13,22)9-11;2*1-4-18(2,3)17(21)23-20-8-14-11-5-19(22)6-12(14)16(10-20)13(7-19)15(11)9-20;1-3-10(2)17(20)22-19-9-12-4-13-15(19)6-11-7-16(19)14(5-12)18(13,21)8-11;1-4-14(2,3)13(17)19-16-8-11-5-12(9-16)7-15(18,6-11)10-16/h3*11-16,22H,4-10H2,1-3H3;10-16,21H,3-9H2,1-2H3;11-12,18H,4-10H2,1-3H3. The Morgan fingerprint density at radius 2 is 0.564 bits per heavy atom. The Morgan fingerprint density at radius 1 is 0.300 bits per heavy atom. The molecule has 0 aromatic rings. The van der Waals surface area contributed by atoms with E-state index in [0.29, 0.717) is 160 Å². The van der Waals surface area contributed by atoms with Crippen molar-refractivity contribution in [3.05, 3.63) is 0 Å². The summed E-state index contributed by atoms with van der Waals surface area (Å²) in [5.41, 5.74) is -4.76. The molecule has 0 radical (unpaired) electrons. The molecular formula is C95H144O15. The Hall–Kier alpha value is -2.85. The molecule has 32 aliphatic rings. The number of ether oxygens (including phenoxy) is 5. The zero-order valence-corrected chi connectivity index (χ0v) is 70.2. The van der Waals surface area contributed by atoms with Crippen molar-refractivity contribution in [3.8, 4) is 0 Å². The van der Waals surface area contributed by atoms with Crippen LogP contribution in [-0.4, -0.2) is 111 Å². The van der Waals surface area contributed by atoms with Gasteiger partial charge in [-0.25, -0.2) is 0 Å². The zero-order chi connectivity index (χ0) is 77.8. The van der Waals surface area contributed by atoms with Crippen LogP contribution in [-0.2, 0) is 47.7 Å². The molecule has 32 fully saturated rings. The van der Waals surface area contributed by atoms with E-state index in [4.69, 9.17) is 23.7 Å². The molecule has 0 aliphatic heterocycles. The molecule has 0 heterocycles. The molecule has 15 heteroatoms. The molecule has 11 unspecified atom stereocenters. The minimum Gasteiger partial charge on any atom is -0.459 e. The Kier molecular flexibility index (Phi) is 17.4. The van der Waals surface area contributed by atoms with Crippen molar-refractivity contribution in [1.29, 1.82) is 0 Å². The summed E-state index contributed by atoms with van der Waals surface area (Å²) in [6, 6.07) is 0. The molecule has 11 atom stereocenters. The van der Waals surface area contributed by atoms with Crippen molar-refractivity contribution in [2.45, 2.75) is 378 Å². The molecule has 110 heavy (non-hydrogen) atoms. The molecule has 32 saturated carbocycles. The fourth-order valence-corrected chi connectivity index (χ4v) is 34.6. The van der Waals surface area contributed by atoms with E-state index in [1.165, 1.54) is 57.8 Å². The third-order valence-corrected chi connectivity index (χ3v) is 40.3. The van der Waals surface area contributed by atoms with Gasteiger partial charge in [0, 0.05) is 30.1 Å². The van der Waals surface area contributed by atoms with Gasteiger partial charge in [0.15, 0.2) is 0 Å². The van der Waals surface area contributed by atoms with E-state index in [1.54, 1.807) is 0 Å². The largest absolute Gasteiger partial charge is 0.459 e. The van der Waals surface area contributed by atoms with Crippen LogP contribution in [0.15, 0.2) is 0 Å². The minimum absolute atomic E-state index is 0.000451. The first-order chi connectivity index (χ1) is 51.6. The predicted octanol–water partition coefficient (Wildman–Crippen LogP) is 16.8. The maximum Gasteiger partial charge on any atom is 0.312 e. The molecule has 0 amide bonds. The number of carbonyl (C=O) groups excluding carboxylic acids is 5. The van der Waals surface area contributed by atoms with Crippen LogP contribution in [0.5, 0.6) is 0 Å². The molecule has 36 bridgehead atoms. The molecule has 0 aromatic carbocycles. The first-order valence-electron chi connectivity index (χ1n) is 46.3. The van der Waals surface area contributed by atoms with Gasteiger partial charge in [-0.05, 0) is 404 Å². The predicted molar refractivity (Wildman–Crippen MR) is 414 cm³/mol. The second-order valence-electron chi connectivity index (χ2n) is 47.7. The van der Waals surface area contributed by atoms with Crippen molar-refractivity contribution in [3.63, 3.8) is 0 Å². The highest BCUT2D eigenvalue weighted by molar-refractivity contribution is 5.78. The summed E-state index contributed by atoms with van der Waals surface area (Å²) in [6.45, 7) is 28.2. The topological polar surface area (TPSA) is 233 Å². The van der Waals surface area contributed by atoms with Crippen molar-refractivity contribution in [2.24, 2.45) is 181 Å². The van der Waals surface area contributed by atoms with Gasteiger partial charge in [0.25, 0.3) is 0 Å². The van der Waals surface area contributed by atoms with Gasteiger partial charge in [-0.15, -0.1) is 0 Å². The lowest BCUT2D eigenvalue weighted by Crippen LogP contribution is -2.78. The van der Waals surface area contributed by atoms with Gasteiger partial charge in [0.1, 0.15) is 28.0 Å². The van der Waals surface area contributed by atoms with Gasteiger partial charge >= 0.3 is 29.8 Å². The molecule has 0 saturated heterocycles. The zero-order valence-electron chi connectivity index (χ0n) is 70.2. The highest BCUT2D eigenvalue weighted by atomic mass is 16.6. The SMILES string of the molecule is CCC(C)(C)C(=O)OC12CC3C4CC5(O)CC3C(C1)C(C5)C4C2.CCC(C)(C)C(=O)OC12CC3C4CC5(O)CC3C(C1)C(C5)C4C2.CCC(C)(C)C(=O)OC12CC3CC(CC(O)(C3)C1)C2.CCC(C)(C)C(=O)OC12CC3CC4C1CC1CC2C(C3)C4(O)C1.CCC(C)C(=O)OC12CC3CC4C1CC1CC2C(C3)C4(O)C1. The van der Waals surface area contributed by atoms with Crippen LogP contribution in [0.2, 0.25) is 0 Å². The van der Waals surface area contributed by atoms with Crippen LogP contribution in [0.3, 0.4) is 0 Å². The molecule has 0 aromatic heterocycles. The summed E-state index contributed by atoms with van der Waals surface area (Å²) < 4.78 is 31.3. The summed E-state index contributed by atoms with van der Waals surface area (Å²) in [5, 5.41) is 55.2. The highest BCUT2D eigenvalue weighted by Crippen LogP contribution is 2.79. The first kappa shape index (κ1) is 77.1. The van der Waals surface area contributed by atoms with Gasteiger partial charge in [-0.1, -0.05) is 41.5 Å². The van der Waals surface area contributed by atoms with Gasteiger partial charge < -0.3 is 49.2 Å². The van der Waals surface area contributed by atoms with Crippen LogP contribution < -0.4 is 0 Å². The number of hydrogen-bond acceptors (Lipinski definition) is 15. The fourth-order valence-electron chi connectivity index (χ4n) is 34.6. The Bertz CT molecular complexity index is 3420. The van der Waals surface area contributed by atoms with E-state index in [2.05, 4.69) is 27.7 Å². The molecule has 5 N–H and O–H groups in total. The summed E-state index contributed by atoms with van der Waals surface area (Å²) in [7, 11) is 0. The van der Waals surface area contributed by atoms with E-state index in [9.17, 15) is 49.5 Å². The molecular weight excluding hydrogens is 1380 g/mol. The summed E-state index contributed by atoms with van der Waals surface area (Å²) in [4.78, 5) is 63.3. The monoisotopic (exact) mass is 1530 g/mol. The third-order valence-electron chi connectivity index (χ3n) is 40.3. The van der Waals surface area contributed by atoms with E-state index in [0.717, 1.165) is 161 Å². The molecule has 614 valence electrons. The van der Waals surface area contributed by atoms with Gasteiger partial charge in [-0.2, -0.15) is 0 Å². The lowest BCUT2D eigenvalue weighted by molar-refractivity contribution is -0.345.